The molecule has 1 aromatic carbocycles. The Hall–Kier alpha value is -1.39. The molecule has 0 amide bonds. The number of morpholine rings is 1. The number of hydrogen-bond acceptors (Lipinski definition) is 3. The Morgan fingerprint density at radius 1 is 1.47 bits per heavy atom. The van der Waals surface area contributed by atoms with Crippen molar-refractivity contribution in [3.05, 3.63) is 35.9 Å². The number of hydrogen-bond donors (Lipinski definition) is 1. The van der Waals surface area contributed by atoms with Crippen LogP contribution in [0.15, 0.2) is 30.3 Å². The van der Waals surface area contributed by atoms with E-state index >= 15 is 0 Å². The summed E-state index contributed by atoms with van der Waals surface area (Å²) in [5.74, 6) is -0.893. The number of carboxylic acid groups (broad SMARTS) is 1. The zero-order chi connectivity index (χ0) is 12.3. The molecule has 0 spiro atoms. The molecule has 2 rings (SSSR count). The van der Waals surface area contributed by atoms with E-state index in [4.69, 9.17) is 9.84 Å². The summed E-state index contributed by atoms with van der Waals surface area (Å²) in [7, 11) is 0. The summed E-state index contributed by atoms with van der Waals surface area (Å²) >= 11 is 0. The molecule has 1 fully saturated rings. The molecule has 1 aliphatic heterocycles. The number of ether oxygens (including phenoxy) is 1. The maximum absolute atomic E-state index is 11.1. The molecule has 1 unspecified atom stereocenters. The third-order valence-electron chi connectivity index (χ3n) is 3.05. The van der Waals surface area contributed by atoms with Gasteiger partial charge >= 0.3 is 5.97 Å². The van der Waals surface area contributed by atoms with Gasteiger partial charge in [-0.25, -0.2) is 4.79 Å². The molecule has 4 heteroatoms. The van der Waals surface area contributed by atoms with E-state index in [9.17, 15) is 4.79 Å². The van der Waals surface area contributed by atoms with Crippen molar-refractivity contribution in [3.63, 3.8) is 0 Å². The molecule has 17 heavy (non-hydrogen) atoms. The van der Waals surface area contributed by atoms with E-state index in [-0.39, 0.29) is 0 Å². The Bertz CT molecular complexity index is 393. The number of rotatable bonds is 3. The van der Waals surface area contributed by atoms with Crippen molar-refractivity contribution in [2.45, 2.75) is 19.1 Å². The summed E-state index contributed by atoms with van der Waals surface area (Å²) in [6.45, 7) is 4.07. The van der Waals surface area contributed by atoms with E-state index in [2.05, 4.69) is 4.90 Å². The number of aliphatic carboxylic acids is 1. The first-order chi connectivity index (χ1) is 8.10. The predicted molar refractivity (Wildman–Crippen MR) is 63.7 cm³/mol. The molecule has 1 heterocycles. The lowest BCUT2D eigenvalue weighted by molar-refractivity contribution is -0.174. The molecule has 1 aliphatic rings. The zero-order valence-electron chi connectivity index (χ0n) is 9.93. The Kier molecular flexibility index (Phi) is 3.45. The first-order valence-corrected chi connectivity index (χ1v) is 5.74. The number of nitrogens with zero attached hydrogens (tertiary/aromatic N) is 1. The number of carboxylic acids is 1. The highest BCUT2D eigenvalue weighted by atomic mass is 16.5. The normalized spacial score (nSPS) is 25.7. The molecule has 0 bridgehead atoms. The Morgan fingerprint density at radius 3 is 2.82 bits per heavy atom. The number of benzene rings is 1. The van der Waals surface area contributed by atoms with Crippen LogP contribution >= 0.6 is 0 Å². The fourth-order valence-corrected chi connectivity index (χ4v) is 2.06. The van der Waals surface area contributed by atoms with Gasteiger partial charge in [-0.2, -0.15) is 0 Å². The first kappa shape index (κ1) is 12.1. The van der Waals surface area contributed by atoms with E-state index in [1.165, 1.54) is 5.56 Å². The largest absolute Gasteiger partial charge is 0.479 e. The van der Waals surface area contributed by atoms with Crippen molar-refractivity contribution < 1.29 is 14.6 Å². The molecule has 92 valence electrons. The molecule has 4 nitrogen and oxygen atoms in total. The van der Waals surface area contributed by atoms with Crippen LogP contribution in [0.25, 0.3) is 0 Å². The second kappa shape index (κ2) is 4.85. The Morgan fingerprint density at radius 2 is 2.18 bits per heavy atom. The highest BCUT2D eigenvalue weighted by Crippen LogP contribution is 2.19. The van der Waals surface area contributed by atoms with E-state index in [0.29, 0.717) is 13.2 Å². The van der Waals surface area contributed by atoms with Crippen LogP contribution in [-0.4, -0.2) is 41.3 Å². The molecule has 1 atom stereocenters. The van der Waals surface area contributed by atoms with E-state index < -0.39 is 11.6 Å². The van der Waals surface area contributed by atoms with Gasteiger partial charge in [0.05, 0.1) is 6.61 Å². The quantitative estimate of drug-likeness (QED) is 0.859. The van der Waals surface area contributed by atoms with Gasteiger partial charge in [0.2, 0.25) is 0 Å². The Labute approximate surface area is 101 Å². The minimum Gasteiger partial charge on any atom is -0.479 e. The summed E-state index contributed by atoms with van der Waals surface area (Å²) < 4.78 is 5.35. The second-order valence-corrected chi connectivity index (χ2v) is 4.58. The Balaban J connectivity index is 2.01. The highest BCUT2D eigenvalue weighted by Gasteiger charge is 2.39. The average Bonchev–Trinajstić information content (AvgIpc) is 2.30. The summed E-state index contributed by atoms with van der Waals surface area (Å²) in [5, 5.41) is 9.13. The molecule has 1 aromatic rings. The topological polar surface area (TPSA) is 49.8 Å². The van der Waals surface area contributed by atoms with Gasteiger partial charge in [0.1, 0.15) is 0 Å². The van der Waals surface area contributed by atoms with Gasteiger partial charge in [0.25, 0.3) is 0 Å². The summed E-state index contributed by atoms with van der Waals surface area (Å²) in [5.41, 5.74) is 0.120. The lowest BCUT2D eigenvalue weighted by Crippen LogP contribution is -2.54. The van der Waals surface area contributed by atoms with E-state index in [1.807, 2.05) is 30.3 Å². The van der Waals surface area contributed by atoms with Gasteiger partial charge in [-0.1, -0.05) is 30.3 Å². The van der Waals surface area contributed by atoms with Crippen molar-refractivity contribution in [3.8, 4) is 0 Å². The third kappa shape index (κ3) is 2.84. The summed E-state index contributed by atoms with van der Waals surface area (Å²) in [6, 6.07) is 10.1. The van der Waals surface area contributed by atoms with Gasteiger partial charge in [-0.3, -0.25) is 4.90 Å². The van der Waals surface area contributed by atoms with Crippen molar-refractivity contribution >= 4 is 5.97 Å². The molecule has 1 N–H and O–H groups in total. The lowest BCUT2D eigenvalue weighted by Gasteiger charge is -2.37. The van der Waals surface area contributed by atoms with Crippen LogP contribution in [0.1, 0.15) is 12.5 Å². The van der Waals surface area contributed by atoms with Gasteiger partial charge in [-0.05, 0) is 12.5 Å². The molecule has 0 saturated carbocycles. The van der Waals surface area contributed by atoms with Crippen molar-refractivity contribution in [1.82, 2.24) is 4.90 Å². The van der Waals surface area contributed by atoms with Crippen LogP contribution in [0.4, 0.5) is 0 Å². The van der Waals surface area contributed by atoms with Crippen LogP contribution < -0.4 is 0 Å². The number of carbonyl (C=O) groups is 1. The van der Waals surface area contributed by atoms with Crippen LogP contribution in [0, 0.1) is 0 Å². The maximum atomic E-state index is 11.1. The molecule has 0 aliphatic carbocycles. The zero-order valence-corrected chi connectivity index (χ0v) is 9.93. The van der Waals surface area contributed by atoms with Crippen LogP contribution in [0.2, 0.25) is 0 Å². The molecular formula is C13H17NO3. The fraction of sp³-hybridized carbons (Fsp3) is 0.462. The maximum Gasteiger partial charge on any atom is 0.337 e. The SMILES string of the molecule is CC1(C(=O)O)CN(Cc2ccccc2)CCO1. The van der Waals surface area contributed by atoms with Gasteiger partial charge < -0.3 is 9.84 Å². The molecule has 0 radical (unpaired) electrons. The van der Waals surface area contributed by atoms with Crippen LogP contribution in [0.3, 0.4) is 0 Å². The van der Waals surface area contributed by atoms with Crippen LogP contribution in [-0.2, 0) is 16.1 Å². The summed E-state index contributed by atoms with van der Waals surface area (Å²) in [6.07, 6.45) is 0. The lowest BCUT2D eigenvalue weighted by atomic mass is 10.0. The van der Waals surface area contributed by atoms with Crippen molar-refractivity contribution in [2.75, 3.05) is 19.7 Å². The molecule has 1 saturated heterocycles. The van der Waals surface area contributed by atoms with Crippen molar-refractivity contribution in [2.24, 2.45) is 0 Å². The second-order valence-electron chi connectivity index (χ2n) is 4.58. The smallest absolute Gasteiger partial charge is 0.337 e. The minimum absolute atomic E-state index is 0.428. The fourth-order valence-electron chi connectivity index (χ4n) is 2.06. The van der Waals surface area contributed by atoms with Gasteiger partial charge in [-0.15, -0.1) is 0 Å². The average molecular weight is 235 g/mol. The van der Waals surface area contributed by atoms with Gasteiger partial charge in [0.15, 0.2) is 5.60 Å². The minimum atomic E-state index is -1.08. The molecule has 0 aromatic heterocycles. The highest BCUT2D eigenvalue weighted by molar-refractivity contribution is 5.77. The van der Waals surface area contributed by atoms with Crippen LogP contribution in [0.5, 0.6) is 0 Å². The molecular weight excluding hydrogens is 218 g/mol. The van der Waals surface area contributed by atoms with E-state index in [1.54, 1.807) is 6.92 Å². The first-order valence-electron chi connectivity index (χ1n) is 5.74. The van der Waals surface area contributed by atoms with E-state index in [0.717, 1.165) is 13.1 Å². The predicted octanol–water partition coefficient (Wildman–Crippen LogP) is 1.36. The monoisotopic (exact) mass is 235 g/mol. The third-order valence-corrected chi connectivity index (χ3v) is 3.05. The summed E-state index contributed by atoms with van der Waals surface area (Å²) in [4.78, 5) is 13.2. The van der Waals surface area contributed by atoms with Gasteiger partial charge in [0, 0.05) is 19.6 Å². The standard InChI is InChI=1S/C13H17NO3/c1-13(12(15)16)10-14(7-8-17-13)9-11-5-3-2-4-6-11/h2-6H,7-10H2,1H3,(H,15,16). The van der Waals surface area contributed by atoms with Crippen molar-refractivity contribution in [1.29, 1.82) is 0 Å².